The standard InChI is InChI=1S/C22H23N3O3/c1-15-6-8-17(9-7-15)22(26)25-14-4-3-5-19(25)21-23-20(24-28-21)16-10-12-18(27-2)13-11-16/h6-13,19H,3-5,14H2,1-2H3. The van der Waals surface area contributed by atoms with Gasteiger partial charge in [-0.05, 0) is 62.6 Å². The van der Waals surface area contributed by atoms with Crippen LogP contribution in [0, 0.1) is 6.92 Å². The Morgan fingerprint density at radius 3 is 2.57 bits per heavy atom. The Bertz CT molecular complexity index is 948. The van der Waals surface area contributed by atoms with Gasteiger partial charge in [-0.1, -0.05) is 22.9 Å². The Morgan fingerprint density at radius 1 is 1.11 bits per heavy atom. The fraction of sp³-hybridized carbons (Fsp3) is 0.318. The van der Waals surface area contributed by atoms with E-state index >= 15 is 0 Å². The first-order valence-electron chi connectivity index (χ1n) is 9.51. The molecule has 28 heavy (non-hydrogen) atoms. The van der Waals surface area contributed by atoms with Crippen LogP contribution >= 0.6 is 0 Å². The van der Waals surface area contributed by atoms with Gasteiger partial charge in [0.15, 0.2) is 0 Å². The molecule has 2 heterocycles. The number of nitrogens with zero attached hydrogens (tertiary/aromatic N) is 3. The topological polar surface area (TPSA) is 68.5 Å². The molecule has 0 aliphatic carbocycles. The van der Waals surface area contributed by atoms with E-state index in [0.29, 0.717) is 23.8 Å². The van der Waals surface area contributed by atoms with Crippen LogP contribution in [0.1, 0.15) is 47.1 Å². The van der Waals surface area contributed by atoms with Gasteiger partial charge in [0.1, 0.15) is 11.8 Å². The number of aryl methyl sites for hydroxylation is 1. The number of hydrogen-bond donors (Lipinski definition) is 0. The molecule has 0 N–H and O–H groups in total. The SMILES string of the molecule is COc1ccc(-c2noc(C3CCCCN3C(=O)c3ccc(C)cc3)n2)cc1. The predicted molar refractivity (Wildman–Crippen MR) is 105 cm³/mol. The molecule has 1 saturated heterocycles. The molecule has 144 valence electrons. The van der Waals surface area contributed by atoms with E-state index in [4.69, 9.17) is 9.26 Å². The maximum Gasteiger partial charge on any atom is 0.254 e. The Labute approximate surface area is 164 Å². The van der Waals surface area contributed by atoms with Crippen molar-refractivity contribution in [2.45, 2.75) is 32.2 Å². The number of aromatic nitrogens is 2. The summed E-state index contributed by atoms with van der Waals surface area (Å²) in [5, 5.41) is 4.13. The summed E-state index contributed by atoms with van der Waals surface area (Å²) in [6.07, 6.45) is 2.83. The van der Waals surface area contributed by atoms with Gasteiger partial charge in [0, 0.05) is 17.7 Å². The molecule has 1 aromatic heterocycles. The number of rotatable bonds is 4. The van der Waals surface area contributed by atoms with E-state index in [9.17, 15) is 4.79 Å². The zero-order chi connectivity index (χ0) is 19.5. The summed E-state index contributed by atoms with van der Waals surface area (Å²) in [7, 11) is 1.63. The van der Waals surface area contributed by atoms with Gasteiger partial charge in [0.25, 0.3) is 5.91 Å². The molecule has 3 aromatic rings. The number of methoxy groups -OCH3 is 1. The van der Waals surface area contributed by atoms with Crippen LogP contribution in [-0.2, 0) is 0 Å². The largest absolute Gasteiger partial charge is 0.497 e. The Hall–Kier alpha value is -3.15. The average Bonchev–Trinajstić information content (AvgIpc) is 3.24. The minimum absolute atomic E-state index is 0.00824. The zero-order valence-electron chi connectivity index (χ0n) is 16.1. The summed E-state index contributed by atoms with van der Waals surface area (Å²) in [6.45, 7) is 2.70. The molecule has 1 aliphatic rings. The Kier molecular flexibility index (Phi) is 5.10. The molecule has 1 aliphatic heterocycles. The van der Waals surface area contributed by atoms with Crippen molar-refractivity contribution >= 4 is 5.91 Å². The van der Waals surface area contributed by atoms with E-state index in [-0.39, 0.29) is 11.9 Å². The summed E-state index contributed by atoms with van der Waals surface area (Å²) < 4.78 is 10.8. The van der Waals surface area contributed by atoms with E-state index < -0.39 is 0 Å². The van der Waals surface area contributed by atoms with Crippen LogP contribution in [0.2, 0.25) is 0 Å². The Balaban J connectivity index is 1.58. The van der Waals surface area contributed by atoms with Crippen molar-refractivity contribution < 1.29 is 14.1 Å². The second-order valence-electron chi connectivity index (χ2n) is 7.06. The molecule has 2 aromatic carbocycles. The summed E-state index contributed by atoms with van der Waals surface area (Å²) in [5.74, 6) is 1.79. The third kappa shape index (κ3) is 3.63. The van der Waals surface area contributed by atoms with Crippen molar-refractivity contribution in [2.24, 2.45) is 0 Å². The number of ether oxygens (including phenoxy) is 1. The lowest BCUT2D eigenvalue weighted by atomic mass is 10.0. The van der Waals surface area contributed by atoms with E-state index in [1.165, 1.54) is 0 Å². The lowest BCUT2D eigenvalue weighted by Gasteiger charge is -2.33. The van der Waals surface area contributed by atoms with E-state index in [0.717, 1.165) is 36.1 Å². The van der Waals surface area contributed by atoms with Gasteiger partial charge < -0.3 is 14.2 Å². The van der Waals surface area contributed by atoms with Gasteiger partial charge >= 0.3 is 0 Å². The lowest BCUT2D eigenvalue weighted by Crippen LogP contribution is -2.38. The zero-order valence-corrected chi connectivity index (χ0v) is 16.1. The van der Waals surface area contributed by atoms with Crippen molar-refractivity contribution in [1.29, 1.82) is 0 Å². The number of carbonyl (C=O) groups is 1. The minimum Gasteiger partial charge on any atom is -0.497 e. The monoisotopic (exact) mass is 377 g/mol. The number of amides is 1. The number of piperidine rings is 1. The molecule has 4 rings (SSSR count). The highest BCUT2D eigenvalue weighted by atomic mass is 16.5. The summed E-state index contributed by atoms with van der Waals surface area (Å²) in [4.78, 5) is 19.5. The highest BCUT2D eigenvalue weighted by Gasteiger charge is 2.32. The summed E-state index contributed by atoms with van der Waals surface area (Å²) in [6, 6.07) is 15.0. The lowest BCUT2D eigenvalue weighted by molar-refractivity contribution is 0.0561. The maximum absolute atomic E-state index is 13.1. The van der Waals surface area contributed by atoms with Gasteiger partial charge in [-0.2, -0.15) is 4.98 Å². The highest BCUT2D eigenvalue weighted by molar-refractivity contribution is 5.94. The van der Waals surface area contributed by atoms with Crippen molar-refractivity contribution in [3.63, 3.8) is 0 Å². The van der Waals surface area contributed by atoms with Crippen LogP contribution in [0.5, 0.6) is 5.75 Å². The van der Waals surface area contributed by atoms with Crippen LogP contribution in [0.3, 0.4) is 0 Å². The molecule has 0 spiro atoms. The molecular weight excluding hydrogens is 354 g/mol. The number of benzene rings is 2. The van der Waals surface area contributed by atoms with Crippen LogP contribution in [-0.4, -0.2) is 34.6 Å². The molecule has 1 fully saturated rings. The third-order valence-corrected chi connectivity index (χ3v) is 5.14. The van der Waals surface area contributed by atoms with Gasteiger partial charge in [-0.15, -0.1) is 0 Å². The fourth-order valence-electron chi connectivity index (χ4n) is 3.52. The van der Waals surface area contributed by atoms with Crippen molar-refractivity contribution in [3.05, 3.63) is 65.5 Å². The van der Waals surface area contributed by atoms with E-state index in [1.807, 2.05) is 60.4 Å². The first kappa shape index (κ1) is 18.2. The van der Waals surface area contributed by atoms with Crippen molar-refractivity contribution in [2.75, 3.05) is 13.7 Å². The molecule has 1 unspecified atom stereocenters. The first-order chi connectivity index (χ1) is 13.7. The van der Waals surface area contributed by atoms with Crippen LogP contribution in [0.4, 0.5) is 0 Å². The summed E-state index contributed by atoms with van der Waals surface area (Å²) >= 11 is 0. The van der Waals surface area contributed by atoms with Gasteiger partial charge in [0.05, 0.1) is 7.11 Å². The molecule has 0 bridgehead atoms. The average molecular weight is 377 g/mol. The van der Waals surface area contributed by atoms with Crippen LogP contribution < -0.4 is 4.74 Å². The minimum atomic E-state index is -0.193. The third-order valence-electron chi connectivity index (χ3n) is 5.14. The van der Waals surface area contributed by atoms with Gasteiger partial charge in [0.2, 0.25) is 11.7 Å². The van der Waals surface area contributed by atoms with Crippen molar-refractivity contribution in [3.8, 4) is 17.1 Å². The molecule has 1 atom stereocenters. The normalized spacial score (nSPS) is 16.8. The van der Waals surface area contributed by atoms with Gasteiger partial charge in [-0.25, -0.2) is 0 Å². The molecule has 0 radical (unpaired) electrons. The van der Waals surface area contributed by atoms with E-state index in [1.54, 1.807) is 7.11 Å². The van der Waals surface area contributed by atoms with E-state index in [2.05, 4.69) is 10.1 Å². The van der Waals surface area contributed by atoms with Gasteiger partial charge in [-0.3, -0.25) is 4.79 Å². The second kappa shape index (κ2) is 7.84. The van der Waals surface area contributed by atoms with Crippen molar-refractivity contribution in [1.82, 2.24) is 15.0 Å². The number of hydrogen-bond acceptors (Lipinski definition) is 5. The molecule has 6 heteroatoms. The quantitative estimate of drug-likeness (QED) is 0.673. The smallest absolute Gasteiger partial charge is 0.254 e. The maximum atomic E-state index is 13.1. The first-order valence-corrected chi connectivity index (χ1v) is 9.51. The number of likely N-dealkylation sites (tertiary alicyclic amines) is 1. The molecular formula is C22H23N3O3. The molecule has 1 amide bonds. The predicted octanol–water partition coefficient (Wildman–Crippen LogP) is 4.42. The molecule has 6 nitrogen and oxygen atoms in total. The van der Waals surface area contributed by atoms with Crippen LogP contribution in [0.15, 0.2) is 53.1 Å². The second-order valence-corrected chi connectivity index (χ2v) is 7.06. The van der Waals surface area contributed by atoms with Crippen LogP contribution in [0.25, 0.3) is 11.4 Å². The summed E-state index contributed by atoms with van der Waals surface area (Å²) in [5.41, 5.74) is 2.67. The fourth-order valence-corrected chi connectivity index (χ4v) is 3.52. The highest BCUT2D eigenvalue weighted by Crippen LogP contribution is 2.32. The number of carbonyl (C=O) groups excluding carboxylic acids is 1. The Morgan fingerprint density at radius 2 is 1.86 bits per heavy atom. The molecule has 0 saturated carbocycles.